The van der Waals surface area contributed by atoms with E-state index in [2.05, 4.69) is 41.6 Å². The van der Waals surface area contributed by atoms with Gasteiger partial charge in [0.1, 0.15) is 5.82 Å². The van der Waals surface area contributed by atoms with Crippen LogP contribution in [0, 0.1) is 0 Å². The van der Waals surface area contributed by atoms with Gasteiger partial charge in [0.05, 0.1) is 27.0 Å². The average molecular weight is 365 g/mol. The minimum absolute atomic E-state index is 0.237. The smallest absolute Gasteiger partial charge is 0.256 e. The lowest BCUT2D eigenvalue weighted by Crippen LogP contribution is -2.16. The summed E-state index contributed by atoms with van der Waals surface area (Å²) in [6, 6.07) is 15.2. The van der Waals surface area contributed by atoms with Crippen LogP contribution in [-0.4, -0.2) is 29.9 Å². The molecule has 1 aromatic heterocycles. The molecule has 0 spiro atoms. The van der Waals surface area contributed by atoms with E-state index in [9.17, 15) is 4.79 Å². The molecule has 0 bridgehead atoms. The average Bonchev–Trinajstić information content (AvgIpc) is 3.14. The van der Waals surface area contributed by atoms with Crippen molar-refractivity contribution in [2.24, 2.45) is 0 Å². The standard InChI is InChI=1S/C21H23N3O3/c1-4-15-5-7-16(8-6-15)14-24-20(11-12-22-24)23-21(25)17-9-10-18(26-2)19(13-17)27-3/h5-13H,4,14H2,1-3H3,(H,23,25). The van der Waals surface area contributed by atoms with E-state index in [1.165, 1.54) is 5.56 Å². The molecule has 0 atom stereocenters. The van der Waals surface area contributed by atoms with Gasteiger partial charge in [0.2, 0.25) is 0 Å². The van der Waals surface area contributed by atoms with E-state index in [4.69, 9.17) is 9.47 Å². The summed E-state index contributed by atoms with van der Waals surface area (Å²) >= 11 is 0. The number of methoxy groups -OCH3 is 2. The molecule has 1 heterocycles. The number of anilines is 1. The largest absolute Gasteiger partial charge is 0.493 e. The molecule has 1 amide bonds. The lowest BCUT2D eigenvalue weighted by Gasteiger charge is -2.11. The second-order valence-corrected chi connectivity index (χ2v) is 6.07. The highest BCUT2D eigenvalue weighted by Gasteiger charge is 2.13. The maximum Gasteiger partial charge on any atom is 0.256 e. The van der Waals surface area contributed by atoms with Gasteiger partial charge in [-0.25, -0.2) is 4.68 Å². The van der Waals surface area contributed by atoms with Crippen LogP contribution in [0.2, 0.25) is 0 Å². The van der Waals surface area contributed by atoms with E-state index < -0.39 is 0 Å². The van der Waals surface area contributed by atoms with Crippen LogP contribution in [0.3, 0.4) is 0 Å². The van der Waals surface area contributed by atoms with Crippen LogP contribution in [0.4, 0.5) is 5.82 Å². The predicted molar refractivity (Wildman–Crippen MR) is 105 cm³/mol. The van der Waals surface area contributed by atoms with Crippen molar-refractivity contribution < 1.29 is 14.3 Å². The minimum Gasteiger partial charge on any atom is -0.493 e. The molecule has 27 heavy (non-hydrogen) atoms. The topological polar surface area (TPSA) is 65.4 Å². The number of aromatic nitrogens is 2. The molecule has 140 valence electrons. The number of hydrogen-bond acceptors (Lipinski definition) is 4. The molecule has 0 radical (unpaired) electrons. The molecular formula is C21H23N3O3. The van der Waals surface area contributed by atoms with Gasteiger partial charge in [0, 0.05) is 11.6 Å². The number of hydrogen-bond donors (Lipinski definition) is 1. The van der Waals surface area contributed by atoms with Crippen LogP contribution < -0.4 is 14.8 Å². The Bertz CT molecular complexity index is 917. The molecule has 0 saturated carbocycles. The van der Waals surface area contributed by atoms with Gasteiger partial charge in [0.15, 0.2) is 11.5 Å². The zero-order valence-electron chi connectivity index (χ0n) is 15.7. The van der Waals surface area contributed by atoms with Crippen molar-refractivity contribution in [3.05, 3.63) is 71.4 Å². The van der Waals surface area contributed by atoms with Crippen molar-refractivity contribution in [2.45, 2.75) is 19.9 Å². The Kier molecular flexibility index (Phi) is 5.76. The molecule has 0 fully saturated rings. The summed E-state index contributed by atoms with van der Waals surface area (Å²) < 4.78 is 12.2. The first kappa shape index (κ1) is 18.5. The lowest BCUT2D eigenvalue weighted by atomic mass is 10.1. The zero-order valence-corrected chi connectivity index (χ0v) is 15.7. The van der Waals surface area contributed by atoms with Crippen LogP contribution in [0.15, 0.2) is 54.7 Å². The number of benzene rings is 2. The summed E-state index contributed by atoms with van der Waals surface area (Å²) in [6.45, 7) is 2.71. The summed E-state index contributed by atoms with van der Waals surface area (Å²) in [5.41, 5.74) is 2.89. The molecule has 6 heteroatoms. The second-order valence-electron chi connectivity index (χ2n) is 6.07. The number of carbonyl (C=O) groups excluding carboxylic acids is 1. The Morgan fingerprint density at radius 1 is 1.00 bits per heavy atom. The third-order valence-corrected chi connectivity index (χ3v) is 4.37. The molecule has 3 aromatic rings. The van der Waals surface area contributed by atoms with E-state index in [1.54, 1.807) is 49.4 Å². The summed E-state index contributed by atoms with van der Waals surface area (Å²) in [7, 11) is 3.10. The van der Waals surface area contributed by atoms with Gasteiger partial charge in [-0.05, 0) is 35.7 Å². The molecular weight excluding hydrogens is 342 g/mol. The number of ether oxygens (including phenoxy) is 2. The highest BCUT2D eigenvalue weighted by molar-refractivity contribution is 6.04. The van der Waals surface area contributed by atoms with Crippen molar-refractivity contribution in [3.8, 4) is 11.5 Å². The van der Waals surface area contributed by atoms with Gasteiger partial charge in [-0.3, -0.25) is 4.79 Å². The fourth-order valence-electron chi connectivity index (χ4n) is 2.78. The first-order valence-corrected chi connectivity index (χ1v) is 8.77. The number of carbonyl (C=O) groups is 1. The lowest BCUT2D eigenvalue weighted by molar-refractivity contribution is 0.102. The Morgan fingerprint density at radius 3 is 2.37 bits per heavy atom. The molecule has 3 rings (SSSR count). The Labute approximate surface area is 158 Å². The molecule has 0 aliphatic heterocycles. The van der Waals surface area contributed by atoms with Gasteiger partial charge >= 0.3 is 0 Å². The van der Waals surface area contributed by atoms with E-state index in [1.807, 2.05) is 0 Å². The maximum atomic E-state index is 12.6. The van der Waals surface area contributed by atoms with Gasteiger partial charge in [-0.2, -0.15) is 5.10 Å². The molecule has 1 N–H and O–H groups in total. The third-order valence-electron chi connectivity index (χ3n) is 4.37. The van der Waals surface area contributed by atoms with Crippen molar-refractivity contribution >= 4 is 11.7 Å². The van der Waals surface area contributed by atoms with E-state index in [-0.39, 0.29) is 5.91 Å². The summed E-state index contributed by atoms with van der Waals surface area (Å²) in [4.78, 5) is 12.6. The second kappa shape index (κ2) is 8.40. The number of amides is 1. The van der Waals surface area contributed by atoms with Gasteiger partial charge in [-0.1, -0.05) is 31.2 Å². The van der Waals surface area contributed by atoms with Crippen molar-refractivity contribution in [2.75, 3.05) is 19.5 Å². The third kappa shape index (κ3) is 4.28. The normalized spacial score (nSPS) is 10.5. The van der Waals surface area contributed by atoms with Crippen LogP contribution in [0.25, 0.3) is 0 Å². The van der Waals surface area contributed by atoms with E-state index in [0.717, 1.165) is 12.0 Å². The quantitative estimate of drug-likeness (QED) is 0.692. The highest BCUT2D eigenvalue weighted by Crippen LogP contribution is 2.27. The van der Waals surface area contributed by atoms with Crippen molar-refractivity contribution in [1.29, 1.82) is 0 Å². The molecule has 0 unspecified atom stereocenters. The fraction of sp³-hybridized carbons (Fsp3) is 0.238. The van der Waals surface area contributed by atoms with Crippen LogP contribution in [-0.2, 0) is 13.0 Å². The molecule has 0 saturated heterocycles. The molecule has 0 aliphatic rings. The first-order chi connectivity index (χ1) is 13.1. The minimum atomic E-state index is -0.237. The Balaban J connectivity index is 1.74. The number of rotatable bonds is 7. The van der Waals surface area contributed by atoms with Crippen molar-refractivity contribution in [3.63, 3.8) is 0 Å². The summed E-state index contributed by atoms with van der Waals surface area (Å²) in [6.07, 6.45) is 2.68. The monoisotopic (exact) mass is 365 g/mol. The van der Waals surface area contributed by atoms with Crippen LogP contribution >= 0.6 is 0 Å². The Hall–Kier alpha value is -3.28. The molecule has 2 aromatic carbocycles. The van der Waals surface area contributed by atoms with Crippen LogP contribution in [0.1, 0.15) is 28.4 Å². The van der Waals surface area contributed by atoms with Gasteiger partial charge in [0.25, 0.3) is 5.91 Å². The van der Waals surface area contributed by atoms with Gasteiger partial charge < -0.3 is 14.8 Å². The SMILES string of the molecule is CCc1ccc(Cn2nccc2NC(=O)c2ccc(OC)c(OC)c2)cc1. The summed E-state index contributed by atoms with van der Waals surface area (Å²) in [5, 5.41) is 7.22. The first-order valence-electron chi connectivity index (χ1n) is 8.77. The number of nitrogens with zero attached hydrogens (tertiary/aromatic N) is 2. The number of nitrogens with one attached hydrogen (secondary N) is 1. The maximum absolute atomic E-state index is 12.6. The van der Waals surface area contributed by atoms with Crippen molar-refractivity contribution in [1.82, 2.24) is 9.78 Å². The van der Waals surface area contributed by atoms with E-state index in [0.29, 0.717) is 29.4 Å². The zero-order chi connectivity index (χ0) is 19.2. The Morgan fingerprint density at radius 2 is 1.70 bits per heavy atom. The van der Waals surface area contributed by atoms with Crippen LogP contribution in [0.5, 0.6) is 11.5 Å². The molecule has 6 nitrogen and oxygen atoms in total. The number of aryl methyl sites for hydroxylation is 1. The summed E-state index contributed by atoms with van der Waals surface area (Å²) in [5.74, 6) is 1.48. The van der Waals surface area contributed by atoms with Gasteiger partial charge in [-0.15, -0.1) is 0 Å². The predicted octanol–water partition coefficient (Wildman–Crippen LogP) is 3.76. The fourth-order valence-corrected chi connectivity index (χ4v) is 2.78. The van der Waals surface area contributed by atoms with E-state index >= 15 is 0 Å². The highest BCUT2D eigenvalue weighted by atomic mass is 16.5. The molecule has 0 aliphatic carbocycles.